The fourth-order valence-electron chi connectivity index (χ4n) is 3.60. The van der Waals surface area contributed by atoms with Crippen molar-refractivity contribution >= 4 is 29.1 Å². The molecule has 2 N–H and O–H groups in total. The number of thiocarbonyl (C=S) groups is 1. The van der Waals surface area contributed by atoms with Crippen molar-refractivity contribution in [3.8, 4) is 11.5 Å². The fourth-order valence-corrected chi connectivity index (χ4v) is 3.76. The Balaban J connectivity index is 1.47. The number of alkyl halides is 3. The third-order valence-corrected chi connectivity index (χ3v) is 5.46. The Kier molecular flexibility index (Phi) is 6.03. The molecule has 2 aromatic rings. The molecule has 0 unspecified atom stereocenters. The van der Waals surface area contributed by atoms with Crippen LogP contribution in [0.1, 0.15) is 37.4 Å². The molecule has 0 amide bonds. The summed E-state index contributed by atoms with van der Waals surface area (Å²) in [7, 11) is 0. The molecule has 1 aromatic heterocycles. The van der Waals surface area contributed by atoms with Gasteiger partial charge in [0.1, 0.15) is 5.82 Å². The summed E-state index contributed by atoms with van der Waals surface area (Å²) in [5.41, 5.74) is -0.127. The highest BCUT2D eigenvalue weighted by Crippen LogP contribution is 2.33. The Morgan fingerprint density at radius 1 is 1.19 bits per heavy atom. The van der Waals surface area contributed by atoms with E-state index in [1.54, 1.807) is 6.07 Å². The van der Waals surface area contributed by atoms with Gasteiger partial charge in [0, 0.05) is 25.2 Å². The van der Waals surface area contributed by atoms with E-state index in [9.17, 15) is 13.2 Å². The van der Waals surface area contributed by atoms with Crippen molar-refractivity contribution in [2.45, 2.75) is 44.9 Å². The van der Waals surface area contributed by atoms with E-state index in [1.807, 2.05) is 24.0 Å². The van der Waals surface area contributed by atoms with Gasteiger partial charge in [0.05, 0.1) is 0 Å². The zero-order valence-electron chi connectivity index (χ0n) is 16.8. The van der Waals surface area contributed by atoms with Crippen LogP contribution in [-0.4, -0.2) is 34.5 Å². The predicted octanol–water partition coefficient (Wildman–Crippen LogP) is 4.09. The van der Waals surface area contributed by atoms with Gasteiger partial charge in [-0.25, -0.2) is 4.98 Å². The topological polar surface area (TPSA) is 71.5 Å². The van der Waals surface area contributed by atoms with Gasteiger partial charge in [0.15, 0.2) is 22.3 Å². The van der Waals surface area contributed by atoms with Crippen LogP contribution >= 0.6 is 12.2 Å². The molecule has 4 rings (SSSR count). The summed E-state index contributed by atoms with van der Waals surface area (Å²) in [6.45, 7) is 3.16. The molecule has 11 heteroatoms. The number of halogens is 3. The lowest BCUT2D eigenvalue weighted by Crippen LogP contribution is -2.38. The smallest absolute Gasteiger partial charge is 0.433 e. The fraction of sp³-hybridized carbons (Fsp3) is 0.450. The highest BCUT2D eigenvalue weighted by atomic mass is 32.1. The third kappa shape index (κ3) is 5.09. The first kappa shape index (κ1) is 21.4. The minimum absolute atomic E-state index is 0.105. The van der Waals surface area contributed by atoms with Crippen LogP contribution in [0.2, 0.25) is 0 Å². The minimum Gasteiger partial charge on any atom is -0.454 e. The maximum absolute atomic E-state index is 13.4. The molecule has 1 fully saturated rings. The number of aromatic nitrogens is 2. The van der Waals surface area contributed by atoms with Crippen LogP contribution in [0.25, 0.3) is 0 Å². The molecular weight excluding hydrogens is 431 g/mol. The predicted molar refractivity (Wildman–Crippen MR) is 113 cm³/mol. The van der Waals surface area contributed by atoms with Crippen LogP contribution in [0.5, 0.6) is 11.5 Å². The Labute approximate surface area is 183 Å². The van der Waals surface area contributed by atoms with E-state index in [0.717, 1.165) is 30.9 Å². The molecule has 0 bridgehead atoms. The number of ether oxygens (including phenoxy) is 2. The second-order valence-corrected chi connectivity index (χ2v) is 7.87. The molecule has 2 aliphatic heterocycles. The van der Waals surface area contributed by atoms with Gasteiger partial charge in [-0.1, -0.05) is 6.07 Å². The summed E-state index contributed by atoms with van der Waals surface area (Å²) in [5.74, 6) is 1.36. The Morgan fingerprint density at radius 2 is 2.00 bits per heavy atom. The van der Waals surface area contributed by atoms with Crippen molar-refractivity contribution in [3.63, 3.8) is 0 Å². The molecule has 0 saturated carbocycles. The third-order valence-electron chi connectivity index (χ3n) is 5.22. The van der Waals surface area contributed by atoms with Crippen LogP contribution in [0, 0.1) is 0 Å². The summed E-state index contributed by atoms with van der Waals surface area (Å²) in [4.78, 5) is 9.82. The largest absolute Gasteiger partial charge is 0.454 e. The van der Waals surface area contributed by atoms with Crippen molar-refractivity contribution in [1.29, 1.82) is 0 Å². The lowest BCUT2D eigenvalue weighted by molar-refractivity contribution is -0.141. The average Bonchev–Trinajstić information content (AvgIpc) is 3.19. The quantitative estimate of drug-likeness (QED) is 0.671. The van der Waals surface area contributed by atoms with Gasteiger partial charge in [-0.15, -0.1) is 0 Å². The monoisotopic (exact) mass is 453 g/mol. The number of fused-ring (bicyclic) bond motifs is 1. The van der Waals surface area contributed by atoms with Crippen LogP contribution in [0.15, 0.2) is 24.3 Å². The van der Waals surface area contributed by atoms with Crippen molar-refractivity contribution in [3.05, 3.63) is 35.5 Å². The molecule has 1 atom stereocenters. The van der Waals surface area contributed by atoms with Gasteiger partial charge in [0.25, 0.3) is 0 Å². The summed E-state index contributed by atoms with van der Waals surface area (Å²) >= 11 is 5.24. The number of hydrogen-bond donors (Lipinski definition) is 2. The normalized spacial score (nSPS) is 18.1. The lowest BCUT2D eigenvalue weighted by atomic mass is 10.0. The molecule has 7 nitrogen and oxygen atoms in total. The molecule has 1 saturated heterocycles. The number of piperidine rings is 1. The lowest BCUT2D eigenvalue weighted by Gasteiger charge is -2.34. The van der Waals surface area contributed by atoms with Crippen LogP contribution in [-0.2, 0) is 12.7 Å². The summed E-state index contributed by atoms with van der Waals surface area (Å²) in [5, 5.41) is 5.76. The average molecular weight is 453 g/mol. The van der Waals surface area contributed by atoms with Gasteiger partial charge >= 0.3 is 6.18 Å². The summed E-state index contributed by atoms with van der Waals surface area (Å²) in [6.07, 6.45) is -1.72. The van der Waals surface area contributed by atoms with Crippen molar-refractivity contribution in [1.82, 2.24) is 15.3 Å². The van der Waals surface area contributed by atoms with E-state index in [0.29, 0.717) is 24.6 Å². The zero-order chi connectivity index (χ0) is 22.0. The molecule has 31 heavy (non-hydrogen) atoms. The molecule has 166 valence electrons. The number of hydrogen-bond acceptors (Lipinski definition) is 6. The standard InChI is InChI=1S/C20H22F3N5O2S/c1-12-4-2-3-7-28(12)17-9-16(20(21,22)23)25-18(26-17)27-19(31)24-10-13-5-6-14-15(8-13)30-11-29-14/h5-6,8-9,12H,2-4,7,10-11H2,1H3,(H2,24,25,26,27,31)/t12-/m1/s1. The van der Waals surface area contributed by atoms with Crippen molar-refractivity contribution in [2.24, 2.45) is 0 Å². The number of anilines is 2. The molecule has 1 aromatic carbocycles. The summed E-state index contributed by atoms with van der Waals surface area (Å²) in [6, 6.07) is 6.55. The Morgan fingerprint density at radius 3 is 2.77 bits per heavy atom. The molecule has 0 aliphatic carbocycles. The van der Waals surface area contributed by atoms with Gasteiger partial charge in [-0.2, -0.15) is 18.2 Å². The second-order valence-electron chi connectivity index (χ2n) is 7.47. The second kappa shape index (κ2) is 8.74. The van der Waals surface area contributed by atoms with Gasteiger partial charge in [-0.05, 0) is 56.1 Å². The Hall–Kier alpha value is -2.82. The van der Waals surface area contributed by atoms with Gasteiger partial charge in [-0.3, -0.25) is 0 Å². The van der Waals surface area contributed by atoms with Crippen LogP contribution in [0.4, 0.5) is 24.9 Å². The van der Waals surface area contributed by atoms with E-state index in [1.165, 1.54) is 0 Å². The number of benzene rings is 1. The Bertz CT molecular complexity index is 972. The molecule has 0 spiro atoms. The SMILES string of the molecule is C[C@@H]1CCCCN1c1cc(C(F)(F)F)nc(NC(=S)NCc2ccc3c(c2)OCO3)n1. The van der Waals surface area contributed by atoms with Crippen LogP contribution in [0.3, 0.4) is 0 Å². The zero-order valence-corrected chi connectivity index (χ0v) is 17.6. The van der Waals surface area contributed by atoms with Gasteiger partial charge < -0.3 is 25.0 Å². The van der Waals surface area contributed by atoms with E-state index < -0.39 is 11.9 Å². The maximum Gasteiger partial charge on any atom is 0.433 e. The van der Waals surface area contributed by atoms with E-state index in [4.69, 9.17) is 21.7 Å². The molecule has 2 aliphatic rings. The first-order valence-electron chi connectivity index (χ1n) is 9.96. The number of nitrogens with zero attached hydrogens (tertiary/aromatic N) is 3. The summed E-state index contributed by atoms with van der Waals surface area (Å²) < 4.78 is 50.9. The maximum atomic E-state index is 13.4. The highest BCUT2D eigenvalue weighted by Gasteiger charge is 2.35. The minimum atomic E-state index is -4.59. The van der Waals surface area contributed by atoms with Crippen LogP contribution < -0.4 is 25.0 Å². The first-order chi connectivity index (χ1) is 14.8. The van der Waals surface area contributed by atoms with E-state index in [-0.39, 0.29) is 29.7 Å². The van der Waals surface area contributed by atoms with Gasteiger partial charge in [0.2, 0.25) is 12.7 Å². The van der Waals surface area contributed by atoms with Crippen molar-refractivity contribution < 1.29 is 22.6 Å². The first-order valence-corrected chi connectivity index (χ1v) is 10.4. The molecular formula is C20H22F3N5O2S. The number of nitrogens with one attached hydrogen (secondary N) is 2. The number of rotatable bonds is 4. The van der Waals surface area contributed by atoms with E-state index >= 15 is 0 Å². The van der Waals surface area contributed by atoms with Crippen molar-refractivity contribution in [2.75, 3.05) is 23.6 Å². The highest BCUT2D eigenvalue weighted by molar-refractivity contribution is 7.80. The molecule has 3 heterocycles. The van der Waals surface area contributed by atoms with E-state index in [2.05, 4.69) is 20.6 Å². The molecule has 0 radical (unpaired) electrons.